The van der Waals surface area contributed by atoms with Gasteiger partial charge in [0.05, 0.1) is 0 Å². The van der Waals surface area contributed by atoms with Crippen LogP contribution in [0.5, 0.6) is 0 Å². The zero-order chi connectivity index (χ0) is 13.6. The van der Waals surface area contributed by atoms with E-state index in [0.717, 1.165) is 18.9 Å². The molecule has 0 aromatic carbocycles. The molecule has 1 N–H and O–H groups in total. The molecule has 0 radical (unpaired) electrons. The molecule has 0 aliphatic heterocycles. The molecule has 102 valence electrons. The number of hydrogen-bond acceptors (Lipinski definition) is 3. The fraction of sp³-hybridized carbons (Fsp3) is 0.667. The SMILES string of the molecule is CCCCN(C)c1ccc(CNC(C)(C)C)cn1. The largest absolute Gasteiger partial charge is 0.360 e. The summed E-state index contributed by atoms with van der Waals surface area (Å²) in [5.74, 6) is 1.06. The van der Waals surface area contributed by atoms with Crippen LogP contribution in [0.4, 0.5) is 5.82 Å². The van der Waals surface area contributed by atoms with Crippen LogP contribution in [0.15, 0.2) is 18.3 Å². The summed E-state index contributed by atoms with van der Waals surface area (Å²) in [6.45, 7) is 10.7. The van der Waals surface area contributed by atoms with Crippen LogP contribution in [-0.2, 0) is 6.54 Å². The topological polar surface area (TPSA) is 28.2 Å². The third kappa shape index (κ3) is 5.50. The van der Waals surface area contributed by atoms with Gasteiger partial charge in [-0.15, -0.1) is 0 Å². The van der Waals surface area contributed by atoms with Crippen LogP contribution < -0.4 is 10.2 Å². The summed E-state index contributed by atoms with van der Waals surface area (Å²) in [6, 6.07) is 4.26. The molecule has 0 amide bonds. The Morgan fingerprint density at radius 1 is 1.28 bits per heavy atom. The second kappa shape index (κ2) is 6.74. The lowest BCUT2D eigenvalue weighted by Crippen LogP contribution is -2.35. The smallest absolute Gasteiger partial charge is 0.128 e. The van der Waals surface area contributed by atoms with Crippen molar-refractivity contribution in [2.24, 2.45) is 0 Å². The average Bonchev–Trinajstić information content (AvgIpc) is 2.33. The summed E-state index contributed by atoms with van der Waals surface area (Å²) in [7, 11) is 2.10. The lowest BCUT2D eigenvalue weighted by molar-refractivity contribution is 0.424. The predicted octanol–water partition coefficient (Wildman–Crippen LogP) is 3.21. The lowest BCUT2D eigenvalue weighted by Gasteiger charge is -2.21. The Hall–Kier alpha value is -1.09. The van der Waals surface area contributed by atoms with E-state index in [4.69, 9.17) is 0 Å². The number of aromatic nitrogens is 1. The number of rotatable bonds is 6. The van der Waals surface area contributed by atoms with Crippen molar-refractivity contribution < 1.29 is 0 Å². The predicted molar refractivity (Wildman–Crippen MR) is 79.0 cm³/mol. The summed E-state index contributed by atoms with van der Waals surface area (Å²) in [5.41, 5.74) is 1.38. The second-order valence-electron chi connectivity index (χ2n) is 5.90. The first-order chi connectivity index (χ1) is 8.42. The standard InChI is InChI=1S/C15H27N3/c1-6-7-10-18(5)14-9-8-13(11-16-14)12-17-15(2,3)4/h8-9,11,17H,6-7,10,12H2,1-5H3. The minimum Gasteiger partial charge on any atom is -0.360 e. The quantitative estimate of drug-likeness (QED) is 0.839. The van der Waals surface area contributed by atoms with Gasteiger partial charge < -0.3 is 10.2 Å². The van der Waals surface area contributed by atoms with Crippen LogP contribution >= 0.6 is 0 Å². The molecule has 0 saturated heterocycles. The zero-order valence-corrected chi connectivity index (χ0v) is 12.5. The Morgan fingerprint density at radius 3 is 2.50 bits per heavy atom. The normalized spacial score (nSPS) is 11.6. The second-order valence-corrected chi connectivity index (χ2v) is 5.90. The molecule has 1 aromatic heterocycles. The summed E-state index contributed by atoms with van der Waals surface area (Å²) in [6.07, 6.45) is 4.40. The van der Waals surface area contributed by atoms with Gasteiger partial charge in [0.15, 0.2) is 0 Å². The van der Waals surface area contributed by atoms with Crippen LogP contribution in [0.25, 0.3) is 0 Å². The number of nitrogens with one attached hydrogen (secondary N) is 1. The van der Waals surface area contributed by atoms with Gasteiger partial charge in [-0.1, -0.05) is 19.4 Å². The molecular formula is C15H27N3. The fourth-order valence-corrected chi connectivity index (χ4v) is 1.62. The van der Waals surface area contributed by atoms with Crippen LogP contribution in [-0.4, -0.2) is 24.1 Å². The van der Waals surface area contributed by atoms with E-state index in [1.54, 1.807) is 0 Å². The van der Waals surface area contributed by atoms with E-state index in [1.165, 1.54) is 18.4 Å². The Labute approximate surface area is 112 Å². The van der Waals surface area contributed by atoms with Crippen LogP contribution in [0.3, 0.4) is 0 Å². The number of unbranched alkanes of at least 4 members (excludes halogenated alkanes) is 1. The summed E-state index contributed by atoms with van der Waals surface area (Å²) < 4.78 is 0. The summed E-state index contributed by atoms with van der Waals surface area (Å²) >= 11 is 0. The molecule has 0 atom stereocenters. The zero-order valence-electron chi connectivity index (χ0n) is 12.5. The highest BCUT2D eigenvalue weighted by molar-refractivity contribution is 5.38. The minimum absolute atomic E-state index is 0.149. The van der Waals surface area contributed by atoms with E-state index in [9.17, 15) is 0 Å². The fourth-order valence-electron chi connectivity index (χ4n) is 1.62. The van der Waals surface area contributed by atoms with Crippen LogP contribution in [0, 0.1) is 0 Å². The average molecular weight is 249 g/mol. The molecule has 0 bridgehead atoms. The first kappa shape index (κ1) is 15.0. The molecule has 1 aromatic rings. The molecule has 0 fully saturated rings. The molecule has 0 aliphatic rings. The number of nitrogens with zero attached hydrogens (tertiary/aromatic N) is 2. The third-order valence-corrected chi connectivity index (χ3v) is 2.87. The summed E-state index contributed by atoms with van der Waals surface area (Å²) in [5, 5.41) is 3.47. The van der Waals surface area contributed by atoms with Gasteiger partial charge in [-0.05, 0) is 38.8 Å². The summed E-state index contributed by atoms with van der Waals surface area (Å²) in [4.78, 5) is 6.73. The van der Waals surface area contributed by atoms with E-state index in [1.807, 2.05) is 6.20 Å². The van der Waals surface area contributed by atoms with Crippen molar-refractivity contribution in [2.75, 3.05) is 18.5 Å². The van der Waals surface area contributed by atoms with E-state index in [2.05, 4.69) is 62.1 Å². The van der Waals surface area contributed by atoms with Gasteiger partial charge in [0, 0.05) is 31.9 Å². The van der Waals surface area contributed by atoms with E-state index < -0.39 is 0 Å². The van der Waals surface area contributed by atoms with Gasteiger partial charge in [-0.2, -0.15) is 0 Å². The molecule has 0 saturated carbocycles. The molecular weight excluding hydrogens is 222 g/mol. The van der Waals surface area contributed by atoms with Gasteiger partial charge >= 0.3 is 0 Å². The van der Waals surface area contributed by atoms with Crippen molar-refractivity contribution in [3.63, 3.8) is 0 Å². The van der Waals surface area contributed by atoms with Gasteiger partial charge in [0.1, 0.15) is 5.82 Å². The van der Waals surface area contributed by atoms with Crippen molar-refractivity contribution in [3.05, 3.63) is 23.9 Å². The van der Waals surface area contributed by atoms with Crippen LogP contribution in [0.2, 0.25) is 0 Å². The minimum atomic E-state index is 0.149. The maximum absolute atomic E-state index is 4.52. The Morgan fingerprint density at radius 2 is 2.00 bits per heavy atom. The first-order valence-electron chi connectivity index (χ1n) is 6.83. The molecule has 0 aliphatic carbocycles. The van der Waals surface area contributed by atoms with Crippen molar-refractivity contribution >= 4 is 5.82 Å². The molecule has 1 heterocycles. The number of pyridine rings is 1. The van der Waals surface area contributed by atoms with E-state index in [0.29, 0.717) is 0 Å². The Bertz CT molecular complexity index is 338. The van der Waals surface area contributed by atoms with Gasteiger partial charge in [0.2, 0.25) is 0 Å². The van der Waals surface area contributed by atoms with E-state index in [-0.39, 0.29) is 5.54 Å². The highest BCUT2D eigenvalue weighted by atomic mass is 15.2. The van der Waals surface area contributed by atoms with Gasteiger partial charge in [0.25, 0.3) is 0 Å². The molecule has 18 heavy (non-hydrogen) atoms. The van der Waals surface area contributed by atoms with Crippen molar-refractivity contribution in [1.29, 1.82) is 0 Å². The highest BCUT2D eigenvalue weighted by Gasteiger charge is 2.08. The third-order valence-electron chi connectivity index (χ3n) is 2.87. The van der Waals surface area contributed by atoms with Crippen molar-refractivity contribution in [1.82, 2.24) is 10.3 Å². The molecule has 3 heteroatoms. The maximum Gasteiger partial charge on any atom is 0.128 e. The molecule has 0 unspecified atom stereocenters. The van der Waals surface area contributed by atoms with Crippen molar-refractivity contribution in [2.45, 2.75) is 52.6 Å². The molecule has 0 spiro atoms. The van der Waals surface area contributed by atoms with Gasteiger partial charge in [-0.3, -0.25) is 0 Å². The monoisotopic (exact) mass is 249 g/mol. The molecule has 3 nitrogen and oxygen atoms in total. The van der Waals surface area contributed by atoms with Crippen LogP contribution in [0.1, 0.15) is 46.1 Å². The number of hydrogen-bond donors (Lipinski definition) is 1. The first-order valence-corrected chi connectivity index (χ1v) is 6.83. The Balaban J connectivity index is 2.52. The molecule has 1 rings (SSSR count). The Kier molecular flexibility index (Phi) is 5.60. The number of anilines is 1. The highest BCUT2D eigenvalue weighted by Crippen LogP contribution is 2.11. The van der Waals surface area contributed by atoms with Gasteiger partial charge in [-0.25, -0.2) is 4.98 Å². The maximum atomic E-state index is 4.52. The van der Waals surface area contributed by atoms with Crippen molar-refractivity contribution in [3.8, 4) is 0 Å². The van der Waals surface area contributed by atoms with E-state index >= 15 is 0 Å². The lowest BCUT2D eigenvalue weighted by atomic mass is 10.1.